The van der Waals surface area contributed by atoms with Crippen molar-refractivity contribution in [3.63, 3.8) is 0 Å². The monoisotopic (exact) mass is 536 g/mol. The highest BCUT2D eigenvalue weighted by atomic mass is 35.5. The van der Waals surface area contributed by atoms with E-state index in [1.807, 2.05) is 25.1 Å². The lowest BCUT2D eigenvalue weighted by molar-refractivity contribution is 0.266. The second-order valence-electron chi connectivity index (χ2n) is 8.39. The van der Waals surface area contributed by atoms with Crippen LogP contribution >= 0.6 is 34.8 Å². The van der Waals surface area contributed by atoms with Gasteiger partial charge >= 0.3 is 0 Å². The maximum Gasteiger partial charge on any atom is 0.180 e. The molecule has 0 atom stereocenters. The molecular weight excluding hydrogens is 510 g/mol. The zero-order valence-electron chi connectivity index (χ0n) is 19.6. The van der Waals surface area contributed by atoms with Crippen LogP contribution in [-0.2, 0) is 13.2 Å². The summed E-state index contributed by atoms with van der Waals surface area (Å²) in [7, 11) is 0. The summed E-state index contributed by atoms with van der Waals surface area (Å²) in [6, 6.07) is 14.2. The molecule has 1 N–H and O–H groups in total. The molecule has 0 saturated carbocycles. The van der Waals surface area contributed by atoms with Crippen LogP contribution in [0, 0.1) is 5.82 Å². The van der Waals surface area contributed by atoms with E-state index in [1.54, 1.807) is 18.2 Å². The Balaban J connectivity index is 1.46. The van der Waals surface area contributed by atoms with E-state index >= 15 is 0 Å². The molecule has 0 unspecified atom stereocenters. The number of anilines is 2. The molecule has 0 bridgehead atoms. The van der Waals surface area contributed by atoms with Crippen LogP contribution < -0.4 is 19.7 Å². The first-order chi connectivity index (χ1) is 17.0. The lowest BCUT2D eigenvalue weighted by Crippen LogP contribution is -2.29. The van der Waals surface area contributed by atoms with E-state index in [0.717, 1.165) is 35.1 Å². The minimum atomic E-state index is -0.433. The molecule has 186 valence electrons. The highest BCUT2D eigenvalue weighted by Gasteiger charge is 2.17. The molecule has 4 nitrogen and oxygen atoms in total. The van der Waals surface area contributed by atoms with Crippen LogP contribution in [-0.4, -0.2) is 19.7 Å². The second kappa shape index (κ2) is 12.1. The summed E-state index contributed by atoms with van der Waals surface area (Å²) in [4.78, 5) is 2.34. The third-order valence-corrected chi connectivity index (χ3v) is 6.87. The van der Waals surface area contributed by atoms with E-state index in [4.69, 9.17) is 44.3 Å². The molecule has 0 aliphatic carbocycles. The quantitative estimate of drug-likeness (QED) is 0.297. The minimum Gasteiger partial charge on any atom is -0.490 e. The van der Waals surface area contributed by atoms with Crippen LogP contribution in [0.5, 0.6) is 11.5 Å². The number of halogens is 4. The van der Waals surface area contributed by atoms with Gasteiger partial charge in [0.15, 0.2) is 11.5 Å². The second-order valence-corrected chi connectivity index (χ2v) is 9.62. The molecule has 0 aromatic heterocycles. The first-order valence-corrected chi connectivity index (χ1v) is 12.9. The van der Waals surface area contributed by atoms with Gasteiger partial charge in [-0.1, -0.05) is 40.9 Å². The van der Waals surface area contributed by atoms with E-state index in [9.17, 15) is 4.39 Å². The fraction of sp³-hybridized carbons (Fsp3) is 0.333. The number of ether oxygens (including phenoxy) is 2. The Bertz CT molecular complexity index is 1150. The molecule has 4 rings (SSSR count). The van der Waals surface area contributed by atoms with Crippen LogP contribution in [0.3, 0.4) is 0 Å². The lowest BCUT2D eigenvalue weighted by Gasteiger charge is -2.29. The van der Waals surface area contributed by atoms with Crippen molar-refractivity contribution in [2.75, 3.05) is 29.9 Å². The predicted octanol–water partition coefficient (Wildman–Crippen LogP) is 8.37. The maximum absolute atomic E-state index is 14.1. The van der Waals surface area contributed by atoms with Crippen LogP contribution in [0.2, 0.25) is 15.1 Å². The van der Waals surface area contributed by atoms with E-state index in [1.165, 1.54) is 25.3 Å². The smallest absolute Gasteiger partial charge is 0.180 e. The zero-order chi connectivity index (χ0) is 24.8. The topological polar surface area (TPSA) is 33.7 Å². The molecule has 3 aromatic carbocycles. The maximum atomic E-state index is 14.1. The standard InChI is InChI=1S/C27H28Cl3FN2O2/c1-2-34-26-14-18(13-23(30)27(26)35-17-20-21(28)7-6-8-24(20)31)16-32-19-9-10-25(22(29)15-19)33-11-4-3-5-12-33/h6-10,13-15,32H,2-5,11-12,16-17H2,1H3. The van der Waals surface area contributed by atoms with Crippen molar-refractivity contribution in [1.29, 1.82) is 0 Å². The van der Waals surface area contributed by atoms with Crippen LogP contribution in [0.15, 0.2) is 48.5 Å². The molecule has 35 heavy (non-hydrogen) atoms. The molecule has 1 aliphatic heterocycles. The van der Waals surface area contributed by atoms with Gasteiger partial charge in [0.05, 0.1) is 27.4 Å². The van der Waals surface area contributed by atoms with Crippen molar-refractivity contribution in [3.8, 4) is 11.5 Å². The lowest BCUT2D eigenvalue weighted by atomic mass is 10.1. The average molecular weight is 538 g/mol. The highest BCUT2D eigenvalue weighted by molar-refractivity contribution is 6.33. The summed E-state index contributed by atoms with van der Waals surface area (Å²) >= 11 is 19.3. The Kier molecular flexibility index (Phi) is 8.88. The summed E-state index contributed by atoms with van der Waals surface area (Å²) in [6.45, 7) is 4.84. The largest absolute Gasteiger partial charge is 0.490 e. The Labute approximate surface area is 220 Å². The van der Waals surface area contributed by atoms with Gasteiger partial charge < -0.3 is 19.7 Å². The van der Waals surface area contributed by atoms with Gasteiger partial charge in [-0.15, -0.1) is 0 Å². The Morgan fingerprint density at radius 3 is 2.43 bits per heavy atom. The van der Waals surface area contributed by atoms with Gasteiger partial charge in [0.25, 0.3) is 0 Å². The third kappa shape index (κ3) is 6.46. The fourth-order valence-electron chi connectivity index (χ4n) is 4.15. The van der Waals surface area contributed by atoms with Crippen molar-refractivity contribution in [2.45, 2.75) is 39.3 Å². The van der Waals surface area contributed by atoms with Crippen LogP contribution in [0.25, 0.3) is 0 Å². The van der Waals surface area contributed by atoms with E-state index in [0.29, 0.717) is 34.7 Å². The van der Waals surface area contributed by atoms with Crippen molar-refractivity contribution >= 4 is 46.2 Å². The Hall–Kier alpha value is -2.34. The van der Waals surface area contributed by atoms with Gasteiger partial charge in [0, 0.05) is 30.9 Å². The van der Waals surface area contributed by atoms with Crippen molar-refractivity contribution in [3.05, 3.63) is 80.5 Å². The van der Waals surface area contributed by atoms with Gasteiger partial charge in [-0.05, 0) is 74.2 Å². The highest BCUT2D eigenvalue weighted by Crippen LogP contribution is 2.38. The summed E-state index contributed by atoms with van der Waals surface area (Å²) in [5.74, 6) is 0.408. The molecule has 1 saturated heterocycles. The third-order valence-electron chi connectivity index (χ3n) is 5.93. The number of rotatable bonds is 9. The molecule has 1 aliphatic rings. The number of nitrogens with one attached hydrogen (secondary N) is 1. The Morgan fingerprint density at radius 1 is 0.914 bits per heavy atom. The molecule has 0 radical (unpaired) electrons. The van der Waals surface area contributed by atoms with E-state index in [2.05, 4.69) is 16.3 Å². The number of piperidine rings is 1. The molecule has 8 heteroatoms. The van der Waals surface area contributed by atoms with Crippen molar-refractivity contribution in [1.82, 2.24) is 0 Å². The normalized spacial score (nSPS) is 13.6. The number of benzene rings is 3. The van der Waals surface area contributed by atoms with Crippen LogP contribution in [0.1, 0.15) is 37.3 Å². The van der Waals surface area contributed by atoms with Gasteiger partial charge in [-0.2, -0.15) is 0 Å². The summed E-state index contributed by atoms with van der Waals surface area (Å²) in [5.41, 5.74) is 3.17. The van der Waals surface area contributed by atoms with Gasteiger partial charge in [-0.25, -0.2) is 4.39 Å². The van der Waals surface area contributed by atoms with Crippen molar-refractivity contribution in [2.24, 2.45) is 0 Å². The minimum absolute atomic E-state index is 0.0647. The molecule has 1 heterocycles. The molecule has 3 aromatic rings. The van der Waals surface area contributed by atoms with Gasteiger partial charge in [0.2, 0.25) is 0 Å². The zero-order valence-corrected chi connectivity index (χ0v) is 21.8. The number of hydrogen-bond acceptors (Lipinski definition) is 4. The summed E-state index contributed by atoms with van der Waals surface area (Å²) < 4.78 is 25.8. The average Bonchev–Trinajstić information content (AvgIpc) is 2.84. The molecule has 0 spiro atoms. The van der Waals surface area contributed by atoms with E-state index in [-0.39, 0.29) is 12.2 Å². The summed E-state index contributed by atoms with van der Waals surface area (Å²) in [5, 5.41) is 4.80. The van der Waals surface area contributed by atoms with Crippen LogP contribution in [0.4, 0.5) is 15.8 Å². The first kappa shape index (κ1) is 25.7. The molecular formula is C27H28Cl3FN2O2. The Morgan fingerprint density at radius 2 is 1.71 bits per heavy atom. The van der Waals surface area contributed by atoms with E-state index < -0.39 is 5.82 Å². The molecule has 1 fully saturated rings. The molecule has 0 amide bonds. The van der Waals surface area contributed by atoms with Gasteiger partial charge in [0.1, 0.15) is 12.4 Å². The number of nitrogens with zero attached hydrogens (tertiary/aromatic N) is 1. The van der Waals surface area contributed by atoms with Crippen molar-refractivity contribution < 1.29 is 13.9 Å². The van der Waals surface area contributed by atoms with Gasteiger partial charge in [-0.3, -0.25) is 0 Å². The first-order valence-electron chi connectivity index (χ1n) is 11.8. The summed E-state index contributed by atoms with van der Waals surface area (Å²) in [6.07, 6.45) is 3.68. The SMILES string of the molecule is CCOc1cc(CNc2ccc(N3CCCCC3)c(Cl)c2)cc(Cl)c1OCc1c(F)cccc1Cl. The number of hydrogen-bond donors (Lipinski definition) is 1. The predicted molar refractivity (Wildman–Crippen MR) is 143 cm³/mol. The fourth-order valence-corrected chi connectivity index (χ4v) is 4.96.